The van der Waals surface area contributed by atoms with Crippen LogP contribution < -0.4 is 10.3 Å². The molecule has 20 heavy (non-hydrogen) atoms. The fraction of sp³-hybridized carbons (Fsp3) is 0.118. The molecule has 3 aromatic rings. The number of ether oxygens (including phenoxy) is 1. The number of para-hydroxylation sites is 1. The summed E-state index contributed by atoms with van der Waals surface area (Å²) in [5.74, 6) is 0.734. The van der Waals surface area contributed by atoms with Crippen LogP contribution in [-0.2, 0) is 0 Å². The summed E-state index contributed by atoms with van der Waals surface area (Å²) in [4.78, 5) is 12.7. The Kier molecular flexibility index (Phi) is 3.03. The molecule has 1 heterocycles. The lowest BCUT2D eigenvalue weighted by Gasteiger charge is -2.12. The van der Waals surface area contributed by atoms with Crippen LogP contribution in [-0.4, -0.2) is 11.7 Å². The molecule has 2 aromatic carbocycles. The van der Waals surface area contributed by atoms with Crippen molar-refractivity contribution >= 4 is 10.8 Å². The molecule has 0 spiro atoms. The minimum atomic E-state index is -0.0318. The Hall–Kier alpha value is -2.55. The standard InChI is InChI=1S/C17H15NO2/c1-12-11-18(13-7-4-3-5-8-13)17(19)14-9-6-10-15(20-2)16(12)14/h3-11H,1-2H3. The molecular formula is C17H15NO2. The molecule has 100 valence electrons. The molecule has 0 aliphatic heterocycles. The number of hydrogen-bond donors (Lipinski definition) is 0. The molecule has 0 saturated heterocycles. The molecule has 0 N–H and O–H groups in total. The predicted octanol–water partition coefficient (Wildman–Crippen LogP) is 3.31. The van der Waals surface area contributed by atoms with Crippen molar-refractivity contribution < 1.29 is 4.74 Å². The Morgan fingerprint density at radius 3 is 2.45 bits per heavy atom. The van der Waals surface area contributed by atoms with Crippen molar-refractivity contribution in [3.05, 3.63) is 70.6 Å². The molecule has 0 bridgehead atoms. The Bertz CT molecular complexity index is 820. The van der Waals surface area contributed by atoms with Gasteiger partial charge in [-0.05, 0) is 36.8 Å². The molecule has 1 aromatic heterocycles. The molecule has 0 fully saturated rings. The molecule has 0 amide bonds. The van der Waals surface area contributed by atoms with Gasteiger partial charge in [-0.25, -0.2) is 0 Å². The van der Waals surface area contributed by atoms with Gasteiger partial charge in [0.05, 0.1) is 12.5 Å². The monoisotopic (exact) mass is 265 g/mol. The van der Waals surface area contributed by atoms with E-state index in [0.717, 1.165) is 22.4 Å². The number of aryl methyl sites for hydroxylation is 1. The third-order valence-corrected chi connectivity index (χ3v) is 3.45. The molecule has 3 rings (SSSR count). The Morgan fingerprint density at radius 2 is 1.75 bits per heavy atom. The average Bonchev–Trinajstić information content (AvgIpc) is 2.51. The molecule has 3 nitrogen and oxygen atoms in total. The Morgan fingerprint density at radius 1 is 1.00 bits per heavy atom. The third-order valence-electron chi connectivity index (χ3n) is 3.45. The first-order valence-corrected chi connectivity index (χ1v) is 6.47. The normalized spacial score (nSPS) is 10.7. The van der Waals surface area contributed by atoms with Gasteiger partial charge >= 0.3 is 0 Å². The van der Waals surface area contributed by atoms with Gasteiger partial charge in [0.15, 0.2) is 0 Å². The number of methoxy groups -OCH3 is 1. The van der Waals surface area contributed by atoms with E-state index < -0.39 is 0 Å². The smallest absolute Gasteiger partial charge is 0.263 e. The van der Waals surface area contributed by atoms with Crippen LogP contribution in [0.1, 0.15) is 5.56 Å². The van der Waals surface area contributed by atoms with E-state index in [1.807, 2.05) is 61.7 Å². The van der Waals surface area contributed by atoms with Crippen molar-refractivity contribution in [1.82, 2.24) is 4.57 Å². The third kappa shape index (κ3) is 1.88. The van der Waals surface area contributed by atoms with Gasteiger partial charge in [-0.15, -0.1) is 0 Å². The number of hydrogen-bond acceptors (Lipinski definition) is 2. The Balaban J connectivity index is 2.39. The summed E-state index contributed by atoms with van der Waals surface area (Å²) >= 11 is 0. The summed E-state index contributed by atoms with van der Waals surface area (Å²) < 4.78 is 7.04. The van der Waals surface area contributed by atoms with Crippen LogP contribution in [0.5, 0.6) is 5.75 Å². The van der Waals surface area contributed by atoms with Crippen molar-refractivity contribution in [2.24, 2.45) is 0 Å². The van der Waals surface area contributed by atoms with Gasteiger partial charge in [-0.1, -0.05) is 24.3 Å². The van der Waals surface area contributed by atoms with Crippen LogP contribution in [0.4, 0.5) is 0 Å². The zero-order chi connectivity index (χ0) is 14.1. The fourth-order valence-corrected chi connectivity index (χ4v) is 2.51. The summed E-state index contributed by atoms with van der Waals surface area (Å²) in [5.41, 5.74) is 1.85. The summed E-state index contributed by atoms with van der Waals surface area (Å²) in [6.45, 7) is 1.99. The lowest BCUT2D eigenvalue weighted by Crippen LogP contribution is -2.18. The van der Waals surface area contributed by atoms with Crippen molar-refractivity contribution in [2.75, 3.05) is 7.11 Å². The first kappa shape index (κ1) is 12.5. The average molecular weight is 265 g/mol. The first-order chi connectivity index (χ1) is 9.72. The quantitative estimate of drug-likeness (QED) is 0.712. The van der Waals surface area contributed by atoms with Crippen LogP contribution in [0.15, 0.2) is 59.5 Å². The van der Waals surface area contributed by atoms with Crippen LogP contribution in [0, 0.1) is 6.92 Å². The minimum Gasteiger partial charge on any atom is -0.496 e. The Labute approximate surface area is 117 Å². The summed E-state index contributed by atoms with van der Waals surface area (Å²) in [5, 5.41) is 1.56. The van der Waals surface area contributed by atoms with Crippen LogP contribution in [0.2, 0.25) is 0 Å². The summed E-state index contributed by atoms with van der Waals surface area (Å²) in [6, 6.07) is 15.2. The fourth-order valence-electron chi connectivity index (χ4n) is 2.51. The van der Waals surface area contributed by atoms with E-state index in [1.54, 1.807) is 11.7 Å². The maximum absolute atomic E-state index is 12.7. The predicted molar refractivity (Wildman–Crippen MR) is 80.8 cm³/mol. The highest BCUT2D eigenvalue weighted by Gasteiger charge is 2.11. The summed E-state index contributed by atoms with van der Waals surface area (Å²) in [6.07, 6.45) is 1.86. The highest BCUT2D eigenvalue weighted by molar-refractivity contribution is 5.90. The topological polar surface area (TPSA) is 31.2 Å². The SMILES string of the molecule is COc1cccc2c(=O)n(-c3ccccc3)cc(C)c12. The summed E-state index contributed by atoms with van der Waals surface area (Å²) in [7, 11) is 1.62. The molecule has 3 heteroatoms. The molecule has 0 atom stereocenters. The second kappa shape index (κ2) is 4.85. The van der Waals surface area contributed by atoms with Crippen LogP contribution >= 0.6 is 0 Å². The second-order valence-electron chi connectivity index (χ2n) is 4.71. The number of pyridine rings is 1. The number of nitrogens with zero attached hydrogens (tertiary/aromatic N) is 1. The lowest BCUT2D eigenvalue weighted by molar-refractivity contribution is 0.419. The van der Waals surface area contributed by atoms with E-state index in [4.69, 9.17) is 4.74 Å². The van der Waals surface area contributed by atoms with Gasteiger partial charge in [-0.3, -0.25) is 9.36 Å². The molecule has 0 radical (unpaired) electrons. The van der Waals surface area contributed by atoms with E-state index in [0.29, 0.717) is 5.39 Å². The number of fused-ring (bicyclic) bond motifs is 1. The first-order valence-electron chi connectivity index (χ1n) is 6.47. The van der Waals surface area contributed by atoms with Gasteiger partial charge in [0.1, 0.15) is 5.75 Å². The van der Waals surface area contributed by atoms with Gasteiger partial charge in [0.2, 0.25) is 0 Å². The van der Waals surface area contributed by atoms with E-state index in [-0.39, 0.29) is 5.56 Å². The molecule has 0 aliphatic rings. The second-order valence-corrected chi connectivity index (χ2v) is 4.71. The highest BCUT2D eigenvalue weighted by atomic mass is 16.5. The van der Waals surface area contributed by atoms with Crippen LogP contribution in [0.25, 0.3) is 16.5 Å². The minimum absolute atomic E-state index is 0.0318. The largest absolute Gasteiger partial charge is 0.496 e. The molecule has 0 aliphatic carbocycles. The maximum Gasteiger partial charge on any atom is 0.263 e. The van der Waals surface area contributed by atoms with Gasteiger partial charge in [-0.2, -0.15) is 0 Å². The van der Waals surface area contributed by atoms with E-state index in [1.165, 1.54) is 0 Å². The number of benzene rings is 2. The van der Waals surface area contributed by atoms with Crippen molar-refractivity contribution in [3.8, 4) is 11.4 Å². The number of aromatic nitrogens is 1. The van der Waals surface area contributed by atoms with E-state index in [9.17, 15) is 4.79 Å². The van der Waals surface area contributed by atoms with Crippen molar-refractivity contribution in [1.29, 1.82) is 0 Å². The van der Waals surface area contributed by atoms with Gasteiger partial charge in [0.25, 0.3) is 5.56 Å². The zero-order valence-corrected chi connectivity index (χ0v) is 11.5. The maximum atomic E-state index is 12.7. The van der Waals surface area contributed by atoms with Gasteiger partial charge < -0.3 is 4.74 Å². The van der Waals surface area contributed by atoms with E-state index in [2.05, 4.69) is 0 Å². The van der Waals surface area contributed by atoms with Crippen molar-refractivity contribution in [2.45, 2.75) is 6.92 Å². The molecule has 0 saturated carbocycles. The van der Waals surface area contributed by atoms with Crippen molar-refractivity contribution in [3.63, 3.8) is 0 Å². The van der Waals surface area contributed by atoms with E-state index >= 15 is 0 Å². The molecule has 0 unspecified atom stereocenters. The zero-order valence-electron chi connectivity index (χ0n) is 11.5. The highest BCUT2D eigenvalue weighted by Crippen LogP contribution is 2.26. The number of rotatable bonds is 2. The van der Waals surface area contributed by atoms with Crippen LogP contribution in [0.3, 0.4) is 0 Å². The van der Waals surface area contributed by atoms with Gasteiger partial charge in [0, 0.05) is 17.3 Å². The molecular weight excluding hydrogens is 250 g/mol. The lowest BCUT2D eigenvalue weighted by atomic mass is 10.1.